The van der Waals surface area contributed by atoms with Gasteiger partial charge in [-0.25, -0.2) is 4.98 Å². The Labute approximate surface area is 186 Å². The molecule has 8 heteroatoms. The van der Waals surface area contributed by atoms with Crippen molar-refractivity contribution < 1.29 is 14.3 Å². The maximum atomic E-state index is 13.1. The number of hydrogen-bond donors (Lipinski definition) is 0. The van der Waals surface area contributed by atoms with Gasteiger partial charge in [0.2, 0.25) is 11.8 Å². The fourth-order valence-corrected chi connectivity index (χ4v) is 4.40. The van der Waals surface area contributed by atoms with E-state index in [9.17, 15) is 9.59 Å². The molecule has 2 aliphatic rings. The monoisotopic (exact) mass is 431 g/mol. The van der Waals surface area contributed by atoms with Gasteiger partial charge in [-0.15, -0.1) is 0 Å². The molecule has 2 aliphatic heterocycles. The van der Waals surface area contributed by atoms with Crippen molar-refractivity contribution in [2.75, 3.05) is 49.6 Å². The average molecular weight is 431 g/mol. The molecule has 32 heavy (non-hydrogen) atoms. The molecule has 2 amide bonds. The number of rotatable bonds is 4. The number of ether oxygens (including phenoxy) is 1. The second-order valence-corrected chi connectivity index (χ2v) is 8.13. The van der Waals surface area contributed by atoms with Crippen LogP contribution in [0.25, 0.3) is 11.0 Å². The Morgan fingerprint density at radius 1 is 1.00 bits per heavy atom. The highest BCUT2D eigenvalue weighted by atomic mass is 16.5. The number of anilines is 2. The maximum Gasteiger partial charge on any atom is 0.228 e. The van der Waals surface area contributed by atoms with Gasteiger partial charge in [0.05, 0.1) is 30.3 Å². The molecule has 164 valence electrons. The van der Waals surface area contributed by atoms with Crippen molar-refractivity contribution in [3.63, 3.8) is 0 Å². The number of para-hydroxylation sites is 2. The zero-order valence-corrected chi connectivity index (χ0v) is 18.0. The highest BCUT2D eigenvalue weighted by molar-refractivity contribution is 6.00. The number of amides is 2. The molecule has 5 rings (SSSR count). The van der Waals surface area contributed by atoms with Gasteiger partial charge in [-0.3, -0.25) is 14.6 Å². The number of carbonyl (C=O) groups is 2. The van der Waals surface area contributed by atoms with Crippen molar-refractivity contribution >= 4 is 34.4 Å². The van der Waals surface area contributed by atoms with E-state index >= 15 is 0 Å². The van der Waals surface area contributed by atoms with Gasteiger partial charge >= 0.3 is 0 Å². The molecular formula is C24H25N5O3. The average Bonchev–Trinajstić information content (AvgIpc) is 3.25. The van der Waals surface area contributed by atoms with Gasteiger partial charge in [-0.2, -0.15) is 0 Å². The van der Waals surface area contributed by atoms with E-state index in [0.29, 0.717) is 32.7 Å². The summed E-state index contributed by atoms with van der Waals surface area (Å²) < 4.78 is 5.18. The van der Waals surface area contributed by atoms with Crippen LogP contribution < -0.4 is 14.5 Å². The summed E-state index contributed by atoms with van der Waals surface area (Å²) in [5.41, 5.74) is 2.54. The molecule has 1 atom stereocenters. The molecule has 3 aromatic rings. The predicted molar refractivity (Wildman–Crippen MR) is 122 cm³/mol. The van der Waals surface area contributed by atoms with Crippen molar-refractivity contribution in [2.24, 2.45) is 5.92 Å². The molecule has 0 N–H and O–H groups in total. The standard InChI is InChI=1S/C24H25N5O3/c1-32-19-8-6-18(7-9-19)29-16-17(14-23(29)30)24(31)28-12-10-27(11-13-28)22-15-25-20-4-2-3-5-21(20)26-22/h2-9,15,17H,10-14,16H2,1H3. The van der Waals surface area contributed by atoms with Crippen molar-refractivity contribution in [2.45, 2.75) is 6.42 Å². The van der Waals surface area contributed by atoms with E-state index in [4.69, 9.17) is 9.72 Å². The first-order valence-electron chi connectivity index (χ1n) is 10.8. The Bertz CT molecular complexity index is 1140. The number of aromatic nitrogens is 2. The van der Waals surface area contributed by atoms with E-state index in [-0.39, 0.29) is 24.2 Å². The van der Waals surface area contributed by atoms with Crippen molar-refractivity contribution in [1.29, 1.82) is 0 Å². The van der Waals surface area contributed by atoms with Crippen LogP contribution in [-0.4, -0.2) is 66.5 Å². The second-order valence-electron chi connectivity index (χ2n) is 8.13. The van der Waals surface area contributed by atoms with Gasteiger partial charge in [0.1, 0.15) is 11.6 Å². The lowest BCUT2D eigenvalue weighted by atomic mass is 10.1. The molecule has 0 aliphatic carbocycles. The van der Waals surface area contributed by atoms with Crippen LogP contribution in [0.5, 0.6) is 5.75 Å². The first-order chi connectivity index (χ1) is 15.6. The van der Waals surface area contributed by atoms with E-state index in [2.05, 4.69) is 9.88 Å². The molecule has 2 fully saturated rings. The Morgan fingerprint density at radius 3 is 2.44 bits per heavy atom. The van der Waals surface area contributed by atoms with Gasteiger partial charge in [0.15, 0.2) is 0 Å². The summed E-state index contributed by atoms with van der Waals surface area (Å²) in [4.78, 5) is 40.6. The first-order valence-corrected chi connectivity index (χ1v) is 10.8. The number of nitrogens with zero attached hydrogens (tertiary/aromatic N) is 5. The second kappa shape index (κ2) is 8.45. The summed E-state index contributed by atoms with van der Waals surface area (Å²) in [5.74, 6) is 1.30. The number of benzene rings is 2. The third kappa shape index (κ3) is 3.84. The highest BCUT2D eigenvalue weighted by Gasteiger charge is 2.38. The molecule has 0 spiro atoms. The largest absolute Gasteiger partial charge is 0.497 e. The van der Waals surface area contributed by atoms with E-state index in [1.807, 2.05) is 53.4 Å². The molecule has 8 nitrogen and oxygen atoms in total. The first kappa shape index (κ1) is 20.2. The molecule has 0 radical (unpaired) electrons. The summed E-state index contributed by atoms with van der Waals surface area (Å²) in [6.07, 6.45) is 2.05. The minimum absolute atomic E-state index is 0.0152. The fourth-order valence-electron chi connectivity index (χ4n) is 4.40. The van der Waals surface area contributed by atoms with Gasteiger partial charge in [-0.1, -0.05) is 12.1 Å². The summed E-state index contributed by atoms with van der Waals surface area (Å²) in [7, 11) is 1.61. The summed E-state index contributed by atoms with van der Waals surface area (Å²) in [6, 6.07) is 15.2. The zero-order chi connectivity index (χ0) is 22.1. The Kier molecular flexibility index (Phi) is 5.34. The lowest BCUT2D eigenvalue weighted by Gasteiger charge is -2.36. The van der Waals surface area contributed by atoms with E-state index in [1.54, 1.807) is 18.2 Å². The van der Waals surface area contributed by atoms with E-state index in [1.165, 1.54) is 0 Å². The van der Waals surface area contributed by atoms with Crippen molar-refractivity contribution in [3.8, 4) is 5.75 Å². The Balaban J connectivity index is 1.21. The maximum absolute atomic E-state index is 13.1. The summed E-state index contributed by atoms with van der Waals surface area (Å²) in [6.45, 7) is 3.03. The van der Waals surface area contributed by atoms with Gasteiger partial charge in [0, 0.05) is 44.8 Å². The number of methoxy groups -OCH3 is 1. The third-order valence-corrected chi connectivity index (χ3v) is 6.21. The fraction of sp³-hybridized carbons (Fsp3) is 0.333. The van der Waals surface area contributed by atoms with Crippen LogP contribution in [0, 0.1) is 5.92 Å². The zero-order valence-electron chi connectivity index (χ0n) is 18.0. The predicted octanol–water partition coefficient (Wildman–Crippen LogP) is 2.34. The smallest absolute Gasteiger partial charge is 0.228 e. The van der Waals surface area contributed by atoms with Crippen molar-refractivity contribution in [3.05, 3.63) is 54.7 Å². The Morgan fingerprint density at radius 2 is 1.72 bits per heavy atom. The number of piperazine rings is 1. The number of hydrogen-bond acceptors (Lipinski definition) is 6. The molecule has 2 aromatic carbocycles. The quantitative estimate of drug-likeness (QED) is 0.631. The molecular weight excluding hydrogens is 406 g/mol. The van der Waals surface area contributed by atoms with Crippen LogP contribution in [0.15, 0.2) is 54.7 Å². The van der Waals surface area contributed by atoms with Gasteiger partial charge in [0.25, 0.3) is 0 Å². The normalized spacial score (nSPS) is 19.0. The van der Waals surface area contributed by atoms with E-state index in [0.717, 1.165) is 28.3 Å². The topological polar surface area (TPSA) is 78.9 Å². The lowest BCUT2D eigenvalue weighted by molar-refractivity contribution is -0.136. The molecule has 0 saturated carbocycles. The third-order valence-electron chi connectivity index (χ3n) is 6.21. The summed E-state index contributed by atoms with van der Waals surface area (Å²) in [5, 5.41) is 0. The van der Waals surface area contributed by atoms with Crippen LogP contribution in [0.1, 0.15) is 6.42 Å². The highest BCUT2D eigenvalue weighted by Crippen LogP contribution is 2.28. The molecule has 0 bridgehead atoms. The molecule has 3 heterocycles. The van der Waals surface area contributed by atoms with Crippen LogP contribution in [0.3, 0.4) is 0 Å². The van der Waals surface area contributed by atoms with Gasteiger partial charge in [-0.05, 0) is 36.4 Å². The minimum Gasteiger partial charge on any atom is -0.497 e. The lowest BCUT2D eigenvalue weighted by Crippen LogP contribution is -2.51. The molecule has 1 unspecified atom stereocenters. The van der Waals surface area contributed by atoms with Crippen molar-refractivity contribution in [1.82, 2.24) is 14.9 Å². The van der Waals surface area contributed by atoms with Crippen LogP contribution in [0.4, 0.5) is 11.5 Å². The number of carbonyl (C=O) groups excluding carboxylic acids is 2. The summed E-state index contributed by atoms with van der Waals surface area (Å²) >= 11 is 0. The van der Waals surface area contributed by atoms with E-state index < -0.39 is 0 Å². The van der Waals surface area contributed by atoms with Crippen LogP contribution in [0.2, 0.25) is 0 Å². The SMILES string of the molecule is COc1ccc(N2CC(C(=O)N3CCN(c4cnc5ccccc5n4)CC3)CC2=O)cc1. The number of fused-ring (bicyclic) bond motifs is 1. The molecule has 2 saturated heterocycles. The van der Waals surface area contributed by atoms with Crippen LogP contribution >= 0.6 is 0 Å². The van der Waals surface area contributed by atoms with Crippen LogP contribution in [-0.2, 0) is 9.59 Å². The van der Waals surface area contributed by atoms with Gasteiger partial charge < -0.3 is 19.4 Å². The Hall–Kier alpha value is -3.68. The minimum atomic E-state index is -0.309. The molecule has 1 aromatic heterocycles.